The Morgan fingerprint density at radius 2 is 1.94 bits per heavy atom. The molecule has 0 fully saturated rings. The summed E-state index contributed by atoms with van der Waals surface area (Å²) in [5.74, 6) is -1.02. The monoisotopic (exact) mass is 450 g/mol. The van der Waals surface area contributed by atoms with Crippen LogP contribution in [0, 0.1) is 5.92 Å². The number of amides is 1. The number of hydrogen-bond donors (Lipinski definition) is 2. The first-order chi connectivity index (χ1) is 15.0. The number of alkyl halides is 3. The number of esters is 1. The van der Waals surface area contributed by atoms with Crippen LogP contribution in [0.4, 0.5) is 13.2 Å². The summed E-state index contributed by atoms with van der Waals surface area (Å²) in [6.45, 7) is 3.69. The van der Waals surface area contributed by atoms with Gasteiger partial charge >= 0.3 is 17.8 Å². The maximum absolute atomic E-state index is 12.8. The summed E-state index contributed by atoms with van der Waals surface area (Å²) >= 11 is 0. The molecule has 2 heterocycles. The lowest BCUT2D eigenvalue weighted by atomic mass is 10.0. The van der Waals surface area contributed by atoms with Crippen molar-refractivity contribution in [2.75, 3.05) is 7.11 Å². The second-order valence-corrected chi connectivity index (χ2v) is 7.50. The highest BCUT2D eigenvalue weighted by Gasteiger charge is 2.31. The Hall–Kier alpha value is -3.63. The Kier molecular flexibility index (Phi) is 6.37. The molecule has 0 unspecified atom stereocenters. The summed E-state index contributed by atoms with van der Waals surface area (Å²) in [5.41, 5.74) is -0.713. The highest BCUT2D eigenvalue weighted by Crippen LogP contribution is 2.29. The standard InChI is InChI=1S/C21H21F3N4O4/c1-11(2)15(9-18(29)32-3)26-19(30)12-4-6-14-16(8-12)28(20(31)27-14)17-7-5-13(10-25-17)21(22,23)24/h4-8,10-11,15H,9H2,1-3H3,(H,26,30)(H,27,31)/t15-/m0/s1. The number of nitrogens with zero attached hydrogens (tertiary/aromatic N) is 2. The van der Waals surface area contributed by atoms with Crippen molar-refractivity contribution in [3.05, 3.63) is 58.1 Å². The number of nitrogens with one attached hydrogen (secondary N) is 2. The van der Waals surface area contributed by atoms with Crippen molar-refractivity contribution >= 4 is 22.9 Å². The summed E-state index contributed by atoms with van der Waals surface area (Å²) in [6, 6.07) is 5.86. The van der Waals surface area contributed by atoms with E-state index in [0.717, 1.165) is 16.7 Å². The fourth-order valence-electron chi connectivity index (χ4n) is 3.13. The molecular formula is C21H21F3N4O4. The van der Waals surface area contributed by atoms with Crippen molar-refractivity contribution in [1.29, 1.82) is 0 Å². The lowest BCUT2D eigenvalue weighted by molar-refractivity contribution is -0.141. The van der Waals surface area contributed by atoms with Crippen molar-refractivity contribution in [1.82, 2.24) is 19.9 Å². The first-order valence-corrected chi connectivity index (χ1v) is 9.67. The van der Waals surface area contributed by atoms with Crippen molar-refractivity contribution in [2.24, 2.45) is 5.92 Å². The van der Waals surface area contributed by atoms with E-state index >= 15 is 0 Å². The molecule has 0 saturated heterocycles. The summed E-state index contributed by atoms with van der Waals surface area (Å²) < 4.78 is 44.2. The van der Waals surface area contributed by atoms with Crippen LogP contribution in [-0.4, -0.2) is 39.6 Å². The van der Waals surface area contributed by atoms with E-state index in [1.165, 1.54) is 25.3 Å². The lowest BCUT2D eigenvalue weighted by Gasteiger charge is -2.21. The van der Waals surface area contributed by atoms with Crippen LogP contribution in [0.25, 0.3) is 16.9 Å². The number of hydrogen-bond acceptors (Lipinski definition) is 5. The van der Waals surface area contributed by atoms with Crippen molar-refractivity contribution in [3.63, 3.8) is 0 Å². The van der Waals surface area contributed by atoms with E-state index in [-0.39, 0.29) is 29.2 Å². The van der Waals surface area contributed by atoms with Crippen LogP contribution in [0.2, 0.25) is 0 Å². The van der Waals surface area contributed by atoms with E-state index < -0.39 is 35.3 Å². The molecule has 3 aromatic rings. The minimum Gasteiger partial charge on any atom is -0.469 e. The number of halogens is 3. The molecule has 1 amide bonds. The molecule has 0 spiro atoms. The van der Waals surface area contributed by atoms with E-state index in [1.807, 2.05) is 13.8 Å². The van der Waals surface area contributed by atoms with Gasteiger partial charge in [0.2, 0.25) is 0 Å². The molecule has 3 rings (SSSR count). The van der Waals surface area contributed by atoms with Gasteiger partial charge in [-0.25, -0.2) is 14.3 Å². The number of ether oxygens (including phenoxy) is 1. The third-order valence-electron chi connectivity index (χ3n) is 4.99. The molecule has 1 atom stereocenters. The van der Waals surface area contributed by atoms with Gasteiger partial charge in [0.05, 0.1) is 30.1 Å². The zero-order chi connectivity index (χ0) is 23.6. The second-order valence-electron chi connectivity index (χ2n) is 7.50. The van der Waals surface area contributed by atoms with E-state index in [4.69, 9.17) is 0 Å². The third kappa shape index (κ3) is 4.82. The number of imidazole rings is 1. The predicted molar refractivity (Wildman–Crippen MR) is 109 cm³/mol. The number of methoxy groups -OCH3 is 1. The highest BCUT2D eigenvalue weighted by atomic mass is 19.4. The number of H-pyrrole nitrogens is 1. The van der Waals surface area contributed by atoms with Gasteiger partial charge in [-0.05, 0) is 36.2 Å². The molecule has 0 bridgehead atoms. The predicted octanol–water partition coefficient (Wildman–Crippen LogP) is 3.05. The number of pyridine rings is 1. The van der Waals surface area contributed by atoms with Crippen LogP contribution >= 0.6 is 0 Å². The Bertz CT molecular complexity index is 1200. The Morgan fingerprint density at radius 1 is 1.22 bits per heavy atom. The van der Waals surface area contributed by atoms with Crippen LogP contribution in [0.15, 0.2) is 41.3 Å². The maximum atomic E-state index is 12.8. The number of aromatic amines is 1. The van der Waals surface area contributed by atoms with Gasteiger partial charge in [-0.2, -0.15) is 13.2 Å². The van der Waals surface area contributed by atoms with E-state index in [2.05, 4.69) is 20.0 Å². The van der Waals surface area contributed by atoms with E-state index in [1.54, 1.807) is 0 Å². The summed E-state index contributed by atoms with van der Waals surface area (Å²) in [7, 11) is 1.26. The van der Waals surface area contributed by atoms with Crippen molar-refractivity contribution in [2.45, 2.75) is 32.5 Å². The van der Waals surface area contributed by atoms with E-state index in [0.29, 0.717) is 11.7 Å². The summed E-state index contributed by atoms with van der Waals surface area (Å²) in [6.07, 6.45) is -3.93. The molecule has 0 radical (unpaired) electrons. The molecule has 2 aromatic heterocycles. The van der Waals surface area contributed by atoms with Gasteiger partial charge in [-0.3, -0.25) is 9.59 Å². The quantitative estimate of drug-likeness (QED) is 0.562. The average Bonchev–Trinajstić information content (AvgIpc) is 3.07. The molecular weight excluding hydrogens is 429 g/mol. The van der Waals surface area contributed by atoms with Crippen molar-refractivity contribution in [3.8, 4) is 5.82 Å². The average molecular weight is 450 g/mol. The van der Waals surface area contributed by atoms with Gasteiger partial charge < -0.3 is 15.0 Å². The second kappa shape index (κ2) is 8.85. The maximum Gasteiger partial charge on any atom is 0.417 e. The number of benzene rings is 1. The van der Waals surface area contributed by atoms with Crippen LogP contribution in [0.5, 0.6) is 0 Å². The molecule has 32 heavy (non-hydrogen) atoms. The van der Waals surface area contributed by atoms with Crippen LogP contribution in [0.3, 0.4) is 0 Å². The zero-order valence-corrected chi connectivity index (χ0v) is 17.5. The zero-order valence-electron chi connectivity index (χ0n) is 17.5. The van der Waals surface area contributed by atoms with Crippen molar-refractivity contribution < 1.29 is 27.5 Å². The number of aromatic nitrogens is 3. The largest absolute Gasteiger partial charge is 0.469 e. The lowest BCUT2D eigenvalue weighted by Crippen LogP contribution is -2.40. The normalized spacial score (nSPS) is 12.7. The highest BCUT2D eigenvalue weighted by molar-refractivity contribution is 5.98. The SMILES string of the molecule is COC(=O)C[C@H](NC(=O)c1ccc2[nH]c(=O)n(-c3ccc(C(F)(F)F)cn3)c2c1)C(C)C. The first kappa shape index (κ1) is 23.0. The van der Waals surface area contributed by atoms with E-state index in [9.17, 15) is 27.6 Å². The molecule has 2 N–H and O–H groups in total. The molecule has 0 aliphatic rings. The van der Waals surface area contributed by atoms with Gasteiger partial charge in [-0.15, -0.1) is 0 Å². The third-order valence-corrected chi connectivity index (χ3v) is 4.99. The van der Waals surface area contributed by atoms with Gasteiger partial charge in [0.15, 0.2) is 0 Å². The van der Waals surface area contributed by atoms with Crippen LogP contribution in [0.1, 0.15) is 36.2 Å². The van der Waals surface area contributed by atoms with Gasteiger partial charge in [0.25, 0.3) is 5.91 Å². The van der Waals surface area contributed by atoms with Gasteiger partial charge in [-0.1, -0.05) is 13.8 Å². The van der Waals surface area contributed by atoms with Crippen LogP contribution in [-0.2, 0) is 15.7 Å². The number of carbonyl (C=O) groups is 2. The number of fused-ring (bicyclic) bond motifs is 1. The summed E-state index contributed by atoms with van der Waals surface area (Å²) in [4.78, 5) is 43.2. The smallest absolute Gasteiger partial charge is 0.417 e. The van der Waals surface area contributed by atoms with Gasteiger partial charge in [0, 0.05) is 17.8 Å². The molecule has 0 aliphatic carbocycles. The Morgan fingerprint density at radius 3 is 2.50 bits per heavy atom. The minimum atomic E-state index is -4.56. The number of rotatable bonds is 6. The first-order valence-electron chi connectivity index (χ1n) is 9.67. The molecule has 1 aromatic carbocycles. The topological polar surface area (TPSA) is 106 Å². The van der Waals surface area contributed by atoms with Gasteiger partial charge in [0.1, 0.15) is 5.82 Å². The fraction of sp³-hybridized carbons (Fsp3) is 0.333. The number of carbonyl (C=O) groups excluding carboxylic acids is 2. The molecule has 170 valence electrons. The van der Waals surface area contributed by atoms with Crippen LogP contribution < -0.4 is 11.0 Å². The molecule has 0 aliphatic heterocycles. The Labute approximate surface area is 180 Å². The molecule has 8 nitrogen and oxygen atoms in total. The fourth-order valence-corrected chi connectivity index (χ4v) is 3.13. The molecule has 0 saturated carbocycles. The Balaban J connectivity index is 1.95. The molecule has 11 heteroatoms. The summed E-state index contributed by atoms with van der Waals surface area (Å²) in [5, 5.41) is 2.77. The minimum absolute atomic E-state index is 0.00745.